The third kappa shape index (κ3) is 14.3. The number of carbonyl (C=O) groups excluding carboxylic acids is 3. The Hall–Kier alpha value is 1.69. The molecule has 8 aliphatic carbocycles. The van der Waals surface area contributed by atoms with Crippen LogP contribution in [-0.2, 0) is 19.3 Å². The molecule has 0 aromatic rings. The van der Waals surface area contributed by atoms with Crippen molar-refractivity contribution in [3.05, 3.63) is 11.1 Å². The molecule has 0 amide bonds. The fourth-order valence-electron chi connectivity index (χ4n) is 16.9. The minimum atomic E-state index is -0.471. The molecule has 0 aromatic carbocycles. The number of fused-ring (bicyclic) bond motifs is 10. The Bertz CT molecular complexity index is 1870. The average Bonchev–Trinajstić information content (AvgIpc) is 4.06. The van der Waals surface area contributed by atoms with Crippen LogP contribution in [0.15, 0.2) is 26.3 Å². The van der Waals surface area contributed by atoms with Gasteiger partial charge in [0, 0.05) is 41.6 Å². The summed E-state index contributed by atoms with van der Waals surface area (Å²) >= 11 is 6.71. The number of hydrogen-bond acceptors (Lipinski definition) is 13. The number of alkyl halides is 1. The van der Waals surface area contributed by atoms with E-state index in [2.05, 4.69) is 63.7 Å². The summed E-state index contributed by atoms with van der Waals surface area (Å²) in [6.45, 7) is 14.1. The van der Waals surface area contributed by atoms with Crippen molar-refractivity contribution in [2.75, 3.05) is 24.4 Å². The zero-order chi connectivity index (χ0) is 49.0. The predicted octanol–water partition coefficient (Wildman–Crippen LogP) is 4.54. The van der Waals surface area contributed by atoms with Gasteiger partial charge in [-0.1, -0.05) is 51.1 Å². The summed E-state index contributed by atoms with van der Waals surface area (Å²) < 4.78 is 0. The van der Waals surface area contributed by atoms with Crippen LogP contribution < -0.4 is 114 Å². The van der Waals surface area contributed by atoms with Crippen molar-refractivity contribution in [3.8, 4) is 0 Å². The second-order valence-electron chi connectivity index (χ2n) is 23.8. The van der Waals surface area contributed by atoms with Gasteiger partial charge < -0.3 is 27.5 Å². The maximum Gasteiger partial charge on any atom is 1.00 e. The zero-order valence-corrected chi connectivity index (χ0v) is 53.4. The minimum Gasteiger partial charge on any atom is -1.00 e. The topological polar surface area (TPSA) is 187 Å². The van der Waals surface area contributed by atoms with Gasteiger partial charge in [0.25, 0.3) is 6.47 Å². The van der Waals surface area contributed by atoms with Crippen LogP contribution in [0.1, 0.15) is 166 Å². The molecular weight excluding hydrogens is 1040 g/mol. The van der Waals surface area contributed by atoms with Gasteiger partial charge in [-0.3, -0.25) is 19.4 Å². The summed E-state index contributed by atoms with van der Waals surface area (Å²) in [4.78, 5) is 42.3. The molecule has 1 aliphatic heterocycles. The van der Waals surface area contributed by atoms with Crippen LogP contribution in [0.4, 0.5) is 0 Å². The Morgan fingerprint density at radius 2 is 1.16 bits per heavy atom. The first-order valence-corrected chi connectivity index (χ1v) is 29.2. The molecule has 9 aliphatic rings. The molecule has 4 N–H and O–H groups in total. The van der Waals surface area contributed by atoms with Gasteiger partial charge in [0.05, 0.1) is 28.3 Å². The van der Waals surface area contributed by atoms with Crippen molar-refractivity contribution >= 4 is 76.1 Å². The molecule has 9 rings (SSSR count). The van der Waals surface area contributed by atoms with E-state index >= 15 is 0 Å². The molecule has 8 fully saturated rings. The molecule has 1 heterocycles. The van der Waals surface area contributed by atoms with Crippen LogP contribution >= 0.6 is 39.5 Å². The normalized spacial score (nSPS) is 43.0. The van der Waals surface area contributed by atoms with E-state index in [0.29, 0.717) is 50.7 Å². The van der Waals surface area contributed by atoms with Crippen LogP contribution in [-0.4, -0.2) is 87.7 Å². The van der Waals surface area contributed by atoms with E-state index in [-0.39, 0.29) is 147 Å². The van der Waals surface area contributed by atoms with E-state index in [1.165, 1.54) is 77.0 Å². The molecule has 0 radical (unpaired) electrons. The molecule has 0 bridgehead atoms. The maximum absolute atomic E-state index is 13.2. The number of thioether (sulfide) groups is 2. The van der Waals surface area contributed by atoms with Crippen LogP contribution in [0.3, 0.4) is 0 Å². The summed E-state index contributed by atoms with van der Waals surface area (Å²) in [5.74, 6) is 7.16. The van der Waals surface area contributed by atoms with E-state index in [9.17, 15) is 19.8 Å². The zero-order valence-electron chi connectivity index (χ0n) is 44.9. The van der Waals surface area contributed by atoms with E-state index in [1.807, 2.05) is 38.8 Å². The molecular formula is C54H89BrK2N4O7S2. The molecule has 11 nitrogen and oxygen atoms in total. The van der Waals surface area contributed by atoms with Gasteiger partial charge >= 0.3 is 103 Å². The molecule has 16 heteroatoms. The second kappa shape index (κ2) is 28.0. The Morgan fingerprint density at radius 3 is 1.53 bits per heavy atom. The van der Waals surface area contributed by atoms with Crippen molar-refractivity contribution in [2.45, 2.75) is 181 Å². The number of carbonyl (C=O) groups is 3. The molecule has 0 aromatic heterocycles. The molecule has 0 spiro atoms. The van der Waals surface area contributed by atoms with E-state index in [1.54, 1.807) is 35.9 Å². The summed E-state index contributed by atoms with van der Waals surface area (Å²) in [7, 11) is 0. The number of aliphatic hydroxyl groups is 2. The Labute approximate surface area is 526 Å². The number of nitrogens with zero attached hydrogens (tertiary/aromatic N) is 3. The third-order valence-electron chi connectivity index (χ3n) is 20.5. The fraction of sp³-hybridized carbons (Fsp3) is 0.852. The average molecular weight is 1130 g/mol. The van der Waals surface area contributed by atoms with Crippen molar-refractivity contribution in [2.24, 2.45) is 102 Å². The number of ketones is 2. The summed E-state index contributed by atoms with van der Waals surface area (Å²) in [6.07, 6.45) is 32.0. The number of Topliss-reactive ketones (excluding diaryl/α,β-unsaturated/α-hetero) is 2. The predicted molar refractivity (Wildman–Crippen MR) is 284 cm³/mol. The van der Waals surface area contributed by atoms with Crippen molar-refractivity contribution in [1.29, 1.82) is 0 Å². The molecule has 0 unspecified atom stereocenters. The first kappa shape index (κ1) is 66.0. The van der Waals surface area contributed by atoms with Gasteiger partial charge in [0.1, 0.15) is 5.78 Å². The van der Waals surface area contributed by atoms with E-state index in [4.69, 9.17) is 15.8 Å². The summed E-state index contributed by atoms with van der Waals surface area (Å²) in [5.41, 5.74) is 5.86. The van der Waals surface area contributed by atoms with Gasteiger partial charge in [-0.05, 0) is 211 Å². The van der Waals surface area contributed by atoms with Crippen molar-refractivity contribution in [1.82, 2.24) is 0 Å². The summed E-state index contributed by atoms with van der Waals surface area (Å²) in [6, 6.07) is 0. The molecule has 8 saturated carbocycles. The van der Waals surface area contributed by atoms with Gasteiger partial charge in [0.15, 0.2) is 5.78 Å². The SMILES string of the molecule is C.CSC(C=NCC(=O)[C@H]1CC[C@H]2[C@@H]3CC[C@H]4C[C@](C)(O)CC[C@]4(C)[C@H]3CC[C@]12C)=CN.CSC1C=NN=C1.C[C@@]1(O)CC[C@@]2(C)[C@@H](CC[C@@H]3[C@@H]2CC[C@]2(C)[C@@H](C(=O)CBr)CC[C@@H]32)C1.O=CO[O-].[H-].[K+].[K+]. The number of hydrogen-bond donors (Lipinski definition) is 3. The standard InChI is InChI=1S/C26H42N2O2S.C22H35BrO2.C4H6N2S.CH2O3.CH4.2K.H/c1-24(30)11-12-25(2)17(13-24)5-6-19-20-7-8-22(26(20,3)10-9-21(19)25)23(29)16-28-15-18(14-27)31-4;1-20(25)10-11-21(2)14(12-20)4-5-15-16-6-7-18(19(24)13-23)22(16,3)9-8-17(15)21;1-7-4-2-5-6-3-4;2-1-4-3;;;;/h14-15,17,19-22,30H,5-13,16,27H2,1-4H3;14-18,25H,4-13H2,1-3H3;2-4H,1H3;1,3H;1H4;;;/q;;;;;2*+1;-1/p-1/t17-,19-,20-,21-,22+,24+,25-,26-;14-,15-,16-,17-,18+,20+,21-,22-;;;;;;/m00....../s1. The van der Waals surface area contributed by atoms with E-state index in [0.717, 1.165) is 73.0 Å². The fourth-order valence-corrected chi connectivity index (χ4v) is 17.9. The van der Waals surface area contributed by atoms with Crippen LogP contribution in [0.5, 0.6) is 0 Å². The first-order chi connectivity index (χ1) is 31.7. The van der Waals surface area contributed by atoms with Gasteiger partial charge in [-0.15, -0.1) is 11.8 Å². The number of allylic oxidation sites excluding steroid dienone is 1. The van der Waals surface area contributed by atoms with Gasteiger partial charge in [0.2, 0.25) is 0 Å². The van der Waals surface area contributed by atoms with E-state index < -0.39 is 11.2 Å². The Kier molecular flexibility index (Phi) is 26.4. The van der Waals surface area contributed by atoms with Crippen LogP contribution in [0, 0.1) is 80.8 Å². The smallest absolute Gasteiger partial charge is 1.00 e. The van der Waals surface area contributed by atoms with Gasteiger partial charge in [-0.25, -0.2) is 0 Å². The summed E-state index contributed by atoms with van der Waals surface area (Å²) in [5, 5.41) is 38.0. The number of nitrogens with two attached hydrogens (primary N) is 1. The largest absolute Gasteiger partial charge is 1.00 e. The first-order valence-electron chi connectivity index (χ1n) is 25.5. The second-order valence-corrected chi connectivity index (χ2v) is 26.3. The molecule has 16 atom stereocenters. The number of aliphatic imine (C=N–C) groups is 1. The molecule has 70 heavy (non-hydrogen) atoms. The van der Waals surface area contributed by atoms with Crippen molar-refractivity contribution in [3.63, 3.8) is 0 Å². The van der Waals surface area contributed by atoms with Crippen LogP contribution in [0.2, 0.25) is 0 Å². The molecule has 0 saturated heterocycles. The Morgan fingerprint density at radius 1 is 0.729 bits per heavy atom. The minimum absolute atomic E-state index is 0. The third-order valence-corrected chi connectivity index (χ3v) is 22.5. The Balaban J connectivity index is 0.000000387. The molecule has 388 valence electrons. The van der Waals surface area contributed by atoms with Gasteiger partial charge in [-0.2, -0.15) is 22.0 Å². The quantitative estimate of drug-likeness (QED) is 0.0740. The number of rotatable bonds is 9. The number of halogens is 1. The van der Waals surface area contributed by atoms with Crippen LogP contribution in [0.25, 0.3) is 0 Å². The maximum atomic E-state index is 13.2. The monoisotopic (exact) mass is 1130 g/mol. The van der Waals surface area contributed by atoms with Crippen molar-refractivity contribution < 1.29 is 139 Å².